The maximum atomic E-state index is 12.2. The van der Waals surface area contributed by atoms with Gasteiger partial charge in [-0.1, -0.05) is 0 Å². The molecule has 112 valence electrons. The van der Waals surface area contributed by atoms with Crippen LogP contribution >= 0.6 is 0 Å². The molecule has 1 saturated heterocycles. The van der Waals surface area contributed by atoms with Gasteiger partial charge >= 0.3 is 0 Å². The first-order chi connectivity index (χ1) is 9.83. The van der Waals surface area contributed by atoms with E-state index in [2.05, 4.69) is 15.2 Å². The van der Waals surface area contributed by atoms with Crippen molar-refractivity contribution in [2.45, 2.75) is 32.2 Å². The van der Waals surface area contributed by atoms with Crippen LogP contribution in [-0.4, -0.2) is 43.3 Å². The normalized spacial score (nSPS) is 16.2. The molecule has 0 aromatic carbocycles. The van der Waals surface area contributed by atoms with Crippen molar-refractivity contribution >= 4 is 5.91 Å². The van der Waals surface area contributed by atoms with Crippen LogP contribution in [0.25, 0.3) is 0 Å². The van der Waals surface area contributed by atoms with Crippen LogP contribution in [0.2, 0.25) is 0 Å². The monoisotopic (exact) mass is 279 g/mol. The number of carbonyl (C=O) groups is 1. The SMILES string of the molecule is CCOCCCNC(=O)c1cccn1C1CCNCC1. The van der Waals surface area contributed by atoms with Crippen molar-refractivity contribution < 1.29 is 9.53 Å². The molecule has 5 nitrogen and oxygen atoms in total. The summed E-state index contributed by atoms with van der Waals surface area (Å²) in [6.07, 6.45) is 5.04. The third-order valence-corrected chi connectivity index (χ3v) is 3.67. The highest BCUT2D eigenvalue weighted by atomic mass is 16.5. The first-order valence-electron chi connectivity index (χ1n) is 7.56. The second-order valence-electron chi connectivity index (χ2n) is 5.09. The van der Waals surface area contributed by atoms with Crippen molar-refractivity contribution in [3.05, 3.63) is 24.0 Å². The van der Waals surface area contributed by atoms with Crippen molar-refractivity contribution in [2.75, 3.05) is 32.8 Å². The lowest BCUT2D eigenvalue weighted by atomic mass is 10.1. The average molecular weight is 279 g/mol. The summed E-state index contributed by atoms with van der Waals surface area (Å²) in [5.74, 6) is 0.0185. The number of hydrogen-bond donors (Lipinski definition) is 2. The van der Waals surface area contributed by atoms with Gasteiger partial charge in [0.25, 0.3) is 5.91 Å². The number of amides is 1. The smallest absolute Gasteiger partial charge is 0.267 e. The van der Waals surface area contributed by atoms with Crippen LogP contribution in [0.1, 0.15) is 42.7 Å². The Bertz CT molecular complexity index is 411. The van der Waals surface area contributed by atoms with Crippen molar-refractivity contribution in [1.82, 2.24) is 15.2 Å². The molecule has 0 bridgehead atoms. The predicted octanol–water partition coefficient (Wildman–Crippen LogP) is 1.57. The zero-order valence-corrected chi connectivity index (χ0v) is 12.2. The minimum absolute atomic E-state index is 0.0185. The van der Waals surface area contributed by atoms with Crippen molar-refractivity contribution in [3.8, 4) is 0 Å². The first-order valence-corrected chi connectivity index (χ1v) is 7.56. The van der Waals surface area contributed by atoms with E-state index in [4.69, 9.17) is 4.74 Å². The number of hydrogen-bond acceptors (Lipinski definition) is 3. The molecule has 1 aromatic rings. The summed E-state index contributed by atoms with van der Waals surface area (Å²) in [4.78, 5) is 12.2. The molecule has 5 heteroatoms. The number of ether oxygens (including phenoxy) is 1. The Balaban J connectivity index is 1.85. The minimum atomic E-state index is 0.0185. The van der Waals surface area contributed by atoms with Crippen molar-refractivity contribution in [2.24, 2.45) is 0 Å². The standard InChI is InChI=1S/C15H25N3O2/c1-2-20-12-4-8-17-15(19)14-5-3-11-18(14)13-6-9-16-10-7-13/h3,5,11,13,16H,2,4,6-10,12H2,1H3,(H,17,19). The predicted molar refractivity (Wildman–Crippen MR) is 79.0 cm³/mol. The Kier molecular flexibility index (Phi) is 6.08. The van der Waals surface area contributed by atoms with Crippen molar-refractivity contribution in [3.63, 3.8) is 0 Å². The Morgan fingerprint density at radius 1 is 1.50 bits per heavy atom. The molecule has 1 aromatic heterocycles. The number of carbonyl (C=O) groups excluding carboxylic acids is 1. The Morgan fingerprint density at radius 3 is 3.05 bits per heavy atom. The van der Waals surface area contributed by atoms with Crippen LogP contribution in [0, 0.1) is 0 Å². The highest BCUT2D eigenvalue weighted by molar-refractivity contribution is 5.92. The number of nitrogens with zero attached hydrogens (tertiary/aromatic N) is 1. The zero-order chi connectivity index (χ0) is 14.2. The molecule has 0 saturated carbocycles. The average Bonchev–Trinajstić information content (AvgIpc) is 2.97. The fraction of sp³-hybridized carbons (Fsp3) is 0.667. The first kappa shape index (κ1) is 15.1. The lowest BCUT2D eigenvalue weighted by Crippen LogP contribution is -2.32. The molecule has 0 unspecified atom stereocenters. The maximum Gasteiger partial charge on any atom is 0.267 e. The van der Waals surface area contributed by atoms with Gasteiger partial charge in [-0.05, 0) is 51.4 Å². The third kappa shape index (κ3) is 4.08. The van der Waals surface area contributed by atoms with Gasteiger partial charge in [-0.3, -0.25) is 4.79 Å². The van der Waals surface area contributed by atoms with Gasteiger partial charge in [0.1, 0.15) is 5.69 Å². The van der Waals surface area contributed by atoms with Gasteiger partial charge in [0.2, 0.25) is 0 Å². The number of rotatable bonds is 7. The van der Waals surface area contributed by atoms with E-state index in [-0.39, 0.29) is 5.91 Å². The number of piperidine rings is 1. The lowest BCUT2D eigenvalue weighted by molar-refractivity contribution is 0.0931. The maximum absolute atomic E-state index is 12.2. The van der Waals surface area contributed by atoms with E-state index in [1.165, 1.54) is 0 Å². The molecule has 0 atom stereocenters. The molecule has 1 amide bonds. The molecule has 1 fully saturated rings. The van der Waals surface area contributed by atoms with Gasteiger partial charge in [0.15, 0.2) is 0 Å². The molecule has 1 aliphatic rings. The highest BCUT2D eigenvalue weighted by Crippen LogP contribution is 2.21. The second-order valence-corrected chi connectivity index (χ2v) is 5.09. The number of aromatic nitrogens is 1. The molecular formula is C15H25N3O2. The molecule has 0 spiro atoms. The third-order valence-electron chi connectivity index (χ3n) is 3.67. The molecular weight excluding hydrogens is 254 g/mol. The van der Waals surface area contributed by atoms with E-state index in [0.717, 1.165) is 44.7 Å². The van der Waals surface area contributed by atoms with Gasteiger partial charge in [0, 0.05) is 32.0 Å². The van der Waals surface area contributed by atoms with E-state index >= 15 is 0 Å². The quantitative estimate of drug-likeness (QED) is 0.745. The van der Waals surface area contributed by atoms with E-state index in [1.807, 2.05) is 25.3 Å². The number of nitrogens with one attached hydrogen (secondary N) is 2. The van der Waals surface area contributed by atoms with Gasteiger partial charge in [-0.25, -0.2) is 0 Å². The summed E-state index contributed by atoms with van der Waals surface area (Å²) in [5.41, 5.74) is 0.772. The van der Waals surface area contributed by atoms with Crippen LogP contribution < -0.4 is 10.6 Å². The van der Waals surface area contributed by atoms with Crippen LogP contribution in [0.4, 0.5) is 0 Å². The second kappa shape index (κ2) is 8.07. The van der Waals surface area contributed by atoms with Crippen LogP contribution in [0.5, 0.6) is 0 Å². The molecule has 0 radical (unpaired) electrons. The summed E-state index contributed by atoms with van der Waals surface area (Å²) in [5, 5.41) is 6.32. The summed E-state index contributed by atoms with van der Waals surface area (Å²) >= 11 is 0. The van der Waals surface area contributed by atoms with E-state index in [1.54, 1.807) is 0 Å². The van der Waals surface area contributed by atoms with Gasteiger partial charge < -0.3 is 19.9 Å². The van der Waals surface area contributed by atoms with Crippen molar-refractivity contribution in [1.29, 1.82) is 0 Å². The highest BCUT2D eigenvalue weighted by Gasteiger charge is 2.19. The van der Waals surface area contributed by atoms with Crippen LogP contribution in [0.15, 0.2) is 18.3 Å². The molecule has 20 heavy (non-hydrogen) atoms. The fourth-order valence-corrected chi connectivity index (χ4v) is 2.60. The summed E-state index contributed by atoms with van der Waals surface area (Å²) in [7, 11) is 0. The molecule has 2 N–H and O–H groups in total. The van der Waals surface area contributed by atoms with E-state index < -0.39 is 0 Å². The van der Waals surface area contributed by atoms with E-state index in [9.17, 15) is 4.79 Å². The van der Waals surface area contributed by atoms with Crippen LogP contribution in [-0.2, 0) is 4.74 Å². The summed E-state index contributed by atoms with van der Waals surface area (Å²) in [6, 6.07) is 4.30. The topological polar surface area (TPSA) is 55.3 Å². The fourth-order valence-electron chi connectivity index (χ4n) is 2.60. The molecule has 0 aliphatic carbocycles. The van der Waals surface area contributed by atoms with E-state index in [0.29, 0.717) is 19.2 Å². The Morgan fingerprint density at radius 2 is 2.30 bits per heavy atom. The summed E-state index contributed by atoms with van der Waals surface area (Å²) in [6.45, 7) is 6.12. The molecule has 1 aliphatic heterocycles. The Hall–Kier alpha value is -1.33. The van der Waals surface area contributed by atoms with Gasteiger partial charge in [-0.15, -0.1) is 0 Å². The zero-order valence-electron chi connectivity index (χ0n) is 12.2. The minimum Gasteiger partial charge on any atom is -0.382 e. The van der Waals surface area contributed by atoms with Crippen LogP contribution in [0.3, 0.4) is 0 Å². The van der Waals surface area contributed by atoms with Gasteiger partial charge in [0.05, 0.1) is 0 Å². The summed E-state index contributed by atoms with van der Waals surface area (Å²) < 4.78 is 7.39. The molecule has 2 heterocycles. The molecule has 2 rings (SSSR count). The lowest BCUT2D eigenvalue weighted by Gasteiger charge is -2.25. The van der Waals surface area contributed by atoms with Gasteiger partial charge in [-0.2, -0.15) is 0 Å². The largest absolute Gasteiger partial charge is 0.382 e. The Labute approximate surface area is 120 Å².